The van der Waals surface area contributed by atoms with Gasteiger partial charge in [0, 0.05) is 29.4 Å². The van der Waals surface area contributed by atoms with Gasteiger partial charge in [0.1, 0.15) is 22.7 Å². The maximum absolute atomic E-state index is 13.9. The molecule has 26 heavy (non-hydrogen) atoms. The lowest BCUT2D eigenvalue weighted by Gasteiger charge is -2.13. The fourth-order valence-electron chi connectivity index (χ4n) is 3.16. The number of hydrogen-bond donors (Lipinski definition) is 1. The number of aromatic nitrogens is 2. The number of rotatable bonds is 3. The van der Waals surface area contributed by atoms with E-state index in [9.17, 15) is 9.18 Å². The van der Waals surface area contributed by atoms with Crippen LogP contribution in [0.25, 0.3) is 22.0 Å². The Morgan fingerprint density at radius 1 is 1.19 bits per heavy atom. The molecule has 2 aromatic heterocycles. The van der Waals surface area contributed by atoms with Crippen molar-refractivity contribution in [1.29, 1.82) is 0 Å². The van der Waals surface area contributed by atoms with Crippen molar-refractivity contribution < 1.29 is 13.6 Å². The van der Waals surface area contributed by atoms with Crippen LogP contribution in [0.5, 0.6) is 0 Å². The Bertz CT molecular complexity index is 1140. The van der Waals surface area contributed by atoms with E-state index in [1.807, 2.05) is 38.1 Å². The van der Waals surface area contributed by atoms with E-state index in [-0.39, 0.29) is 11.6 Å². The van der Waals surface area contributed by atoms with E-state index in [1.54, 1.807) is 0 Å². The number of aryl methyl sites for hydroxylation is 1. The summed E-state index contributed by atoms with van der Waals surface area (Å²) in [5.41, 5.74) is 2.58. The predicted molar refractivity (Wildman–Crippen MR) is 96.3 cm³/mol. The lowest BCUT2D eigenvalue weighted by Crippen LogP contribution is -2.27. The number of nitrogens with one attached hydrogen (secondary N) is 1. The van der Waals surface area contributed by atoms with Crippen molar-refractivity contribution in [3.63, 3.8) is 0 Å². The average Bonchev–Trinajstić information content (AvgIpc) is 2.98. The summed E-state index contributed by atoms with van der Waals surface area (Å²) in [6.07, 6.45) is 2.94. The second-order valence-corrected chi connectivity index (χ2v) is 6.16. The molecule has 0 aliphatic heterocycles. The molecule has 4 aromatic rings. The van der Waals surface area contributed by atoms with Crippen molar-refractivity contribution in [2.45, 2.75) is 19.9 Å². The topological polar surface area (TPSA) is 68.0 Å². The van der Waals surface area contributed by atoms with Crippen LogP contribution in [-0.2, 0) is 0 Å². The Kier molecular flexibility index (Phi) is 3.88. The highest BCUT2D eigenvalue weighted by molar-refractivity contribution is 6.04. The maximum Gasteiger partial charge on any atom is 0.254 e. The number of fused-ring (bicyclic) bond motifs is 2. The van der Waals surface area contributed by atoms with E-state index >= 15 is 0 Å². The van der Waals surface area contributed by atoms with Crippen LogP contribution < -0.4 is 5.32 Å². The van der Waals surface area contributed by atoms with Crippen molar-refractivity contribution in [3.8, 4) is 0 Å². The summed E-state index contributed by atoms with van der Waals surface area (Å²) >= 11 is 0. The van der Waals surface area contributed by atoms with Gasteiger partial charge in [0.25, 0.3) is 5.91 Å². The minimum absolute atomic E-state index is 0.147. The molecule has 0 aliphatic carbocycles. The van der Waals surface area contributed by atoms with Crippen LogP contribution in [0.2, 0.25) is 0 Å². The molecule has 1 unspecified atom stereocenters. The highest BCUT2D eigenvalue weighted by Gasteiger charge is 2.21. The third-order valence-corrected chi connectivity index (χ3v) is 4.40. The van der Waals surface area contributed by atoms with Crippen LogP contribution in [0.3, 0.4) is 0 Å². The number of halogens is 1. The van der Waals surface area contributed by atoms with Crippen molar-refractivity contribution in [3.05, 3.63) is 71.5 Å². The van der Waals surface area contributed by atoms with Crippen LogP contribution in [0.4, 0.5) is 4.39 Å². The summed E-state index contributed by atoms with van der Waals surface area (Å²) in [6.45, 7) is 3.78. The number of carbonyl (C=O) groups is 1. The third kappa shape index (κ3) is 2.69. The first kappa shape index (κ1) is 16.2. The van der Waals surface area contributed by atoms with Gasteiger partial charge in [0.15, 0.2) is 0 Å². The van der Waals surface area contributed by atoms with Gasteiger partial charge in [-0.05, 0) is 26.0 Å². The number of hydrogen-bond acceptors (Lipinski definition) is 4. The maximum atomic E-state index is 13.9. The molecule has 2 heterocycles. The third-order valence-electron chi connectivity index (χ3n) is 4.40. The largest absolute Gasteiger partial charge is 0.459 e. The summed E-state index contributed by atoms with van der Waals surface area (Å²) in [5, 5.41) is 3.87. The van der Waals surface area contributed by atoms with Crippen molar-refractivity contribution in [1.82, 2.24) is 15.3 Å². The number of furan rings is 1. The van der Waals surface area contributed by atoms with Crippen molar-refractivity contribution >= 4 is 27.9 Å². The van der Waals surface area contributed by atoms with Crippen LogP contribution >= 0.6 is 0 Å². The quantitative estimate of drug-likeness (QED) is 0.598. The molecular formula is C20H16FN3O2. The molecule has 6 heteroatoms. The van der Waals surface area contributed by atoms with Gasteiger partial charge in [-0.1, -0.05) is 18.2 Å². The summed E-state index contributed by atoms with van der Waals surface area (Å²) in [7, 11) is 0. The average molecular weight is 349 g/mol. The van der Waals surface area contributed by atoms with Gasteiger partial charge in [-0.25, -0.2) is 4.39 Å². The lowest BCUT2D eigenvalue weighted by atomic mass is 10.1. The highest BCUT2D eigenvalue weighted by atomic mass is 19.1. The van der Waals surface area contributed by atoms with E-state index in [2.05, 4.69) is 15.3 Å². The Labute approximate surface area is 148 Å². The second kappa shape index (κ2) is 6.22. The molecule has 0 saturated heterocycles. The first-order valence-electron chi connectivity index (χ1n) is 8.24. The molecule has 0 saturated carbocycles. The molecule has 5 nitrogen and oxygen atoms in total. The zero-order valence-corrected chi connectivity index (χ0v) is 14.3. The van der Waals surface area contributed by atoms with E-state index in [0.717, 1.165) is 16.5 Å². The summed E-state index contributed by atoms with van der Waals surface area (Å²) in [6, 6.07) is 9.74. The smallest absolute Gasteiger partial charge is 0.254 e. The van der Waals surface area contributed by atoms with Gasteiger partial charge in [0.05, 0.1) is 17.1 Å². The lowest BCUT2D eigenvalue weighted by molar-refractivity contribution is 0.0936. The first-order valence-corrected chi connectivity index (χ1v) is 8.24. The van der Waals surface area contributed by atoms with Gasteiger partial charge < -0.3 is 9.73 Å². The molecule has 1 N–H and O–H groups in total. The van der Waals surface area contributed by atoms with Gasteiger partial charge in [0.2, 0.25) is 0 Å². The number of nitrogens with zero attached hydrogens (tertiary/aromatic N) is 2. The van der Waals surface area contributed by atoms with Crippen molar-refractivity contribution in [2.75, 3.05) is 0 Å². The molecule has 0 spiro atoms. The van der Waals surface area contributed by atoms with Crippen LogP contribution in [0.15, 0.2) is 53.2 Å². The molecule has 130 valence electrons. The normalized spacial score (nSPS) is 12.4. The molecular weight excluding hydrogens is 333 g/mol. The minimum atomic E-state index is -0.532. The van der Waals surface area contributed by atoms with E-state index in [0.29, 0.717) is 16.8 Å². The SMILES string of the molecule is Cc1c(C(C)NC(=O)c2cc(F)cc3nccnc23)oc2ccccc12. The van der Waals surface area contributed by atoms with Gasteiger partial charge in [-0.2, -0.15) is 0 Å². The summed E-state index contributed by atoms with van der Waals surface area (Å²) in [4.78, 5) is 21.0. The number of amides is 1. The first-order chi connectivity index (χ1) is 12.5. The van der Waals surface area contributed by atoms with E-state index in [1.165, 1.54) is 24.5 Å². The summed E-state index contributed by atoms with van der Waals surface area (Å²) < 4.78 is 19.7. The molecule has 0 bridgehead atoms. The number of para-hydroxylation sites is 1. The zero-order valence-electron chi connectivity index (χ0n) is 14.3. The minimum Gasteiger partial charge on any atom is -0.459 e. The number of benzene rings is 2. The zero-order chi connectivity index (χ0) is 18.3. The van der Waals surface area contributed by atoms with Crippen LogP contribution in [0.1, 0.15) is 34.6 Å². The standard InChI is InChI=1S/C20H16FN3O2/c1-11-14-5-3-4-6-17(14)26-19(11)12(2)24-20(25)15-9-13(21)10-16-18(15)23-8-7-22-16/h3-10,12H,1-2H3,(H,24,25). The molecule has 2 aromatic carbocycles. The molecule has 1 amide bonds. The molecule has 4 rings (SSSR count). The fraction of sp³-hybridized carbons (Fsp3) is 0.150. The second-order valence-electron chi connectivity index (χ2n) is 6.16. The summed E-state index contributed by atoms with van der Waals surface area (Å²) in [5.74, 6) is -0.288. The van der Waals surface area contributed by atoms with Gasteiger partial charge >= 0.3 is 0 Å². The Hall–Kier alpha value is -3.28. The predicted octanol–water partition coefficient (Wildman–Crippen LogP) is 4.31. The molecule has 0 radical (unpaired) electrons. The molecule has 0 aliphatic rings. The van der Waals surface area contributed by atoms with Gasteiger partial charge in [-0.3, -0.25) is 14.8 Å². The van der Waals surface area contributed by atoms with E-state index < -0.39 is 11.7 Å². The van der Waals surface area contributed by atoms with Crippen LogP contribution in [0, 0.1) is 12.7 Å². The monoisotopic (exact) mass is 349 g/mol. The van der Waals surface area contributed by atoms with Crippen LogP contribution in [-0.4, -0.2) is 15.9 Å². The van der Waals surface area contributed by atoms with E-state index in [4.69, 9.17) is 4.42 Å². The van der Waals surface area contributed by atoms with Gasteiger partial charge in [-0.15, -0.1) is 0 Å². The number of carbonyl (C=O) groups excluding carboxylic acids is 1. The molecule has 1 atom stereocenters. The van der Waals surface area contributed by atoms with Crippen molar-refractivity contribution in [2.24, 2.45) is 0 Å². The fourth-order valence-corrected chi connectivity index (χ4v) is 3.16. The Morgan fingerprint density at radius 3 is 2.77 bits per heavy atom. The Balaban J connectivity index is 1.69. The Morgan fingerprint density at radius 2 is 1.96 bits per heavy atom. The molecule has 0 fully saturated rings. The highest BCUT2D eigenvalue weighted by Crippen LogP contribution is 2.29.